The second-order valence-electron chi connectivity index (χ2n) is 1.93. The van der Waals surface area contributed by atoms with Gasteiger partial charge in [-0.2, -0.15) is 10.5 Å². The van der Waals surface area contributed by atoms with Gasteiger partial charge in [-0.05, 0) is 6.92 Å². The van der Waals surface area contributed by atoms with E-state index in [2.05, 4.69) is 10.1 Å². The van der Waals surface area contributed by atoms with Crippen molar-refractivity contribution in [2.24, 2.45) is 0 Å². The van der Waals surface area contributed by atoms with Crippen LogP contribution < -0.4 is 5.32 Å². The number of carbonyl (C=O) groups is 1. The molecule has 68 valence electrons. The largest absolute Gasteiger partial charge is 0.462 e. The summed E-state index contributed by atoms with van der Waals surface area (Å²) < 4.78 is 4.57. The Labute approximate surface area is 76.2 Å². The van der Waals surface area contributed by atoms with Crippen molar-refractivity contribution in [2.45, 2.75) is 6.92 Å². The minimum absolute atomic E-state index is 0.0462. The van der Waals surface area contributed by atoms with Gasteiger partial charge in [-0.3, -0.25) is 0 Å². The summed E-state index contributed by atoms with van der Waals surface area (Å²) in [5.41, 5.74) is -0.142. The Morgan fingerprint density at radius 1 is 1.62 bits per heavy atom. The molecule has 0 atom stereocenters. The first-order chi connectivity index (χ1) is 6.26. The predicted octanol–water partition coefficient (Wildman–Crippen LogP) is 0.0702. The van der Waals surface area contributed by atoms with Crippen molar-refractivity contribution < 1.29 is 9.53 Å². The topological polar surface area (TPSA) is 85.9 Å². The van der Waals surface area contributed by atoms with E-state index in [9.17, 15) is 4.79 Å². The fourth-order valence-electron chi connectivity index (χ4n) is 0.544. The predicted molar refractivity (Wildman–Crippen MR) is 43.9 cm³/mol. The average molecular weight is 179 g/mol. The molecular formula is C8H9N3O2. The summed E-state index contributed by atoms with van der Waals surface area (Å²) in [4.78, 5) is 10.9. The SMILES string of the molecule is CCOC(=O)/C(C#N)=C/NCC#N. The van der Waals surface area contributed by atoms with E-state index in [1.54, 1.807) is 19.1 Å². The molecule has 0 heterocycles. The maximum atomic E-state index is 10.9. The highest BCUT2D eigenvalue weighted by Gasteiger charge is 2.08. The van der Waals surface area contributed by atoms with Gasteiger partial charge in [0, 0.05) is 6.20 Å². The zero-order chi connectivity index (χ0) is 10.1. The van der Waals surface area contributed by atoms with Crippen LogP contribution in [-0.4, -0.2) is 19.1 Å². The molecule has 0 aromatic heterocycles. The highest BCUT2D eigenvalue weighted by atomic mass is 16.5. The van der Waals surface area contributed by atoms with Crippen LogP contribution >= 0.6 is 0 Å². The number of hydrogen-bond acceptors (Lipinski definition) is 5. The van der Waals surface area contributed by atoms with E-state index in [0.29, 0.717) is 0 Å². The second kappa shape index (κ2) is 6.68. The quantitative estimate of drug-likeness (QED) is 0.217. The van der Waals surface area contributed by atoms with Crippen LogP contribution in [0, 0.1) is 22.7 Å². The lowest BCUT2D eigenvalue weighted by Crippen LogP contribution is -2.12. The highest BCUT2D eigenvalue weighted by Crippen LogP contribution is 1.93. The van der Waals surface area contributed by atoms with Crippen molar-refractivity contribution >= 4 is 5.97 Å². The Kier molecular flexibility index (Phi) is 5.65. The van der Waals surface area contributed by atoms with Crippen molar-refractivity contribution in [3.8, 4) is 12.1 Å². The van der Waals surface area contributed by atoms with Crippen LogP contribution in [0.2, 0.25) is 0 Å². The number of esters is 1. The summed E-state index contributed by atoms with van der Waals surface area (Å²) in [6.07, 6.45) is 1.17. The number of nitriles is 2. The second-order valence-corrected chi connectivity index (χ2v) is 1.93. The third-order valence-corrected chi connectivity index (χ3v) is 1.04. The molecule has 0 aliphatic carbocycles. The fraction of sp³-hybridized carbons (Fsp3) is 0.375. The Morgan fingerprint density at radius 3 is 2.77 bits per heavy atom. The molecule has 0 saturated carbocycles. The molecule has 5 heteroatoms. The minimum atomic E-state index is -0.685. The summed E-state index contributed by atoms with van der Waals surface area (Å²) in [5, 5.41) is 19.1. The Hall–Kier alpha value is -2.01. The van der Waals surface area contributed by atoms with Gasteiger partial charge in [0.15, 0.2) is 5.57 Å². The maximum absolute atomic E-state index is 10.9. The van der Waals surface area contributed by atoms with E-state index in [1.165, 1.54) is 6.20 Å². The number of hydrogen-bond donors (Lipinski definition) is 1. The van der Waals surface area contributed by atoms with E-state index in [1.807, 2.05) is 0 Å². The molecule has 0 fully saturated rings. The molecule has 0 bridgehead atoms. The molecule has 0 aromatic rings. The number of rotatable bonds is 4. The summed E-state index contributed by atoms with van der Waals surface area (Å²) in [6, 6.07) is 3.46. The van der Waals surface area contributed by atoms with Gasteiger partial charge >= 0.3 is 5.97 Å². The van der Waals surface area contributed by atoms with Crippen LogP contribution in [0.5, 0.6) is 0 Å². The molecule has 0 aliphatic rings. The lowest BCUT2D eigenvalue weighted by Gasteiger charge is -1.98. The first kappa shape index (κ1) is 11.0. The van der Waals surface area contributed by atoms with Crippen LogP contribution in [0.3, 0.4) is 0 Å². The van der Waals surface area contributed by atoms with E-state index in [0.717, 1.165) is 0 Å². The van der Waals surface area contributed by atoms with E-state index >= 15 is 0 Å². The zero-order valence-corrected chi connectivity index (χ0v) is 7.20. The van der Waals surface area contributed by atoms with Crippen molar-refractivity contribution in [2.75, 3.05) is 13.2 Å². The van der Waals surface area contributed by atoms with E-state index in [-0.39, 0.29) is 18.7 Å². The lowest BCUT2D eigenvalue weighted by atomic mass is 10.3. The number of nitrogens with one attached hydrogen (secondary N) is 1. The molecule has 0 aromatic carbocycles. The summed E-state index contributed by atoms with van der Waals surface area (Å²) in [5.74, 6) is -0.685. The highest BCUT2D eigenvalue weighted by molar-refractivity contribution is 5.92. The van der Waals surface area contributed by atoms with Crippen LogP contribution in [0.15, 0.2) is 11.8 Å². The first-order valence-electron chi connectivity index (χ1n) is 3.64. The fourth-order valence-corrected chi connectivity index (χ4v) is 0.544. The molecule has 0 radical (unpaired) electrons. The molecule has 0 amide bonds. The first-order valence-corrected chi connectivity index (χ1v) is 3.64. The van der Waals surface area contributed by atoms with Crippen LogP contribution in [-0.2, 0) is 9.53 Å². The van der Waals surface area contributed by atoms with Crippen molar-refractivity contribution in [3.05, 3.63) is 11.8 Å². The van der Waals surface area contributed by atoms with Gasteiger partial charge in [0.05, 0.1) is 12.7 Å². The molecule has 1 N–H and O–H groups in total. The van der Waals surface area contributed by atoms with Gasteiger partial charge < -0.3 is 10.1 Å². The Balaban J connectivity index is 4.19. The van der Waals surface area contributed by atoms with E-state index in [4.69, 9.17) is 10.5 Å². The maximum Gasteiger partial charge on any atom is 0.350 e. The molecule has 0 aliphatic heterocycles. The molecule has 0 rings (SSSR count). The smallest absolute Gasteiger partial charge is 0.350 e. The number of carbonyl (C=O) groups excluding carboxylic acids is 1. The summed E-state index contributed by atoms with van der Waals surface area (Å²) in [7, 11) is 0. The molecule has 5 nitrogen and oxygen atoms in total. The number of nitrogens with zero attached hydrogens (tertiary/aromatic N) is 2. The Morgan fingerprint density at radius 2 is 2.31 bits per heavy atom. The van der Waals surface area contributed by atoms with Crippen LogP contribution in [0.1, 0.15) is 6.92 Å². The van der Waals surface area contributed by atoms with Crippen molar-refractivity contribution in [3.63, 3.8) is 0 Å². The van der Waals surface area contributed by atoms with Gasteiger partial charge in [0.1, 0.15) is 12.6 Å². The van der Waals surface area contributed by atoms with Gasteiger partial charge in [-0.25, -0.2) is 4.79 Å². The standard InChI is InChI=1S/C8H9N3O2/c1-2-13-8(12)7(5-10)6-11-4-3-9/h6,11H,2,4H2,1H3/b7-6+. The van der Waals surface area contributed by atoms with Crippen molar-refractivity contribution in [1.82, 2.24) is 5.32 Å². The molecular weight excluding hydrogens is 170 g/mol. The normalized spacial score (nSPS) is 9.62. The lowest BCUT2D eigenvalue weighted by molar-refractivity contribution is -0.138. The molecule has 0 saturated heterocycles. The number of ether oxygens (including phenoxy) is 1. The Bertz CT molecular complexity index is 283. The van der Waals surface area contributed by atoms with Crippen molar-refractivity contribution in [1.29, 1.82) is 10.5 Å². The third kappa shape index (κ3) is 4.44. The van der Waals surface area contributed by atoms with Gasteiger partial charge in [0.2, 0.25) is 0 Å². The average Bonchev–Trinajstić information content (AvgIpc) is 2.13. The van der Waals surface area contributed by atoms with Crippen LogP contribution in [0.25, 0.3) is 0 Å². The zero-order valence-electron chi connectivity index (χ0n) is 7.20. The molecule has 0 unspecified atom stereocenters. The monoisotopic (exact) mass is 179 g/mol. The van der Waals surface area contributed by atoms with Gasteiger partial charge in [-0.1, -0.05) is 0 Å². The third-order valence-electron chi connectivity index (χ3n) is 1.04. The minimum Gasteiger partial charge on any atom is -0.462 e. The van der Waals surface area contributed by atoms with Crippen LogP contribution in [0.4, 0.5) is 0 Å². The molecule has 13 heavy (non-hydrogen) atoms. The summed E-state index contributed by atoms with van der Waals surface area (Å²) >= 11 is 0. The molecule has 0 spiro atoms. The van der Waals surface area contributed by atoms with Gasteiger partial charge in [-0.15, -0.1) is 0 Å². The summed E-state index contributed by atoms with van der Waals surface area (Å²) in [6.45, 7) is 1.91. The van der Waals surface area contributed by atoms with E-state index < -0.39 is 5.97 Å². The van der Waals surface area contributed by atoms with Gasteiger partial charge in [0.25, 0.3) is 0 Å².